The molecule has 0 aliphatic carbocycles. The fourth-order valence-electron chi connectivity index (χ4n) is 2.97. The number of hydrogen-bond donors (Lipinski definition) is 1. The third-order valence-electron chi connectivity index (χ3n) is 4.04. The molecule has 21 heavy (non-hydrogen) atoms. The van der Waals surface area contributed by atoms with Crippen LogP contribution in [0.3, 0.4) is 0 Å². The van der Waals surface area contributed by atoms with E-state index in [-0.39, 0.29) is 0 Å². The van der Waals surface area contributed by atoms with Crippen molar-refractivity contribution in [2.24, 2.45) is 11.8 Å². The van der Waals surface area contributed by atoms with Crippen LogP contribution in [0.15, 0.2) is 12.3 Å². The van der Waals surface area contributed by atoms with E-state index in [2.05, 4.69) is 42.0 Å². The summed E-state index contributed by atoms with van der Waals surface area (Å²) in [6.07, 6.45) is 5.80. The van der Waals surface area contributed by atoms with E-state index >= 15 is 0 Å². The zero-order valence-corrected chi connectivity index (χ0v) is 14.3. The maximum Gasteiger partial charge on any atom is 0.147 e. The minimum absolute atomic E-state index is 0.660. The van der Waals surface area contributed by atoms with E-state index in [4.69, 9.17) is 11.6 Å². The van der Waals surface area contributed by atoms with Gasteiger partial charge in [0.25, 0.3) is 0 Å². The molecule has 1 atom stereocenters. The van der Waals surface area contributed by atoms with Crippen LogP contribution in [0.5, 0.6) is 0 Å². The average Bonchev–Trinajstić information content (AvgIpc) is 2.87. The minimum Gasteiger partial charge on any atom is -0.355 e. The fourth-order valence-corrected chi connectivity index (χ4v) is 3.28. The summed E-state index contributed by atoms with van der Waals surface area (Å²) in [5.41, 5.74) is 1.16. The summed E-state index contributed by atoms with van der Waals surface area (Å²) < 4.78 is 0. The number of halogens is 1. The summed E-state index contributed by atoms with van der Waals surface area (Å²) in [5, 5.41) is 4.22. The molecular weight excluding hydrogens is 282 g/mol. The van der Waals surface area contributed by atoms with Gasteiger partial charge in [-0.1, -0.05) is 38.8 Å². The number of pyridine rings is 1. The van der Waals surface area contributed by atoms with Gasteiger partial charge < -0.3 is 10.2 Å². The van der Waals surface area contributed by atoms with Crippen LogP contribution in [0, 0.1) is 11.8 Å². The van der Waals surface area contributed by atoms with Gasteiger partial charge in [-0.05, 0) is 42.9 Å². The van der Waals surface area contributed by atoms with Crippen molar-refractivity contribution in [3.05, 3.63) is 22.8 Å². The number of hydrogen-bond acceptors (Lipinski definition) is 3. The molecule has 0 amide bonds. The summed E-state index contributed by atoms with van der Waals surface area (Å²) in [6, 6.07) is 2.06. The maximum atomic E-state index is 6.44. The third-order valence-corrected chi connectivity index (χ3v) is 4.32. The standard InChI is InChI=1S/C17H28ClN3/c1-4-5-14-6-7-21(12-14)17-16(18)8-15(11-20-17)10-19-9-13(2)3/h8,11,13-14,19H,4-7,9-10,12H2,1-3H3. The first-order chi connectivity index (χ1) is 10.1. The fraction of sp³-hybridized carbons (Fsp3) is 0.706. The molecule has 4 heteroatoms. The lowest BCUT2D eigenvalue weighted by Gasteiger charge is -2.19. The maximum absolute atomic E-state index is 6.44. The van der Waals surface area contributed by atoms with Gasteiger partial charge in [0.05, 0.1) is 5.02 Å². The average molecular weight is 310 g/mol. The number of rotatable bonds is 7. The zero-order valence-electron chi connectivity index (χ0n) is 13.5. The van der Waals surface area contributed by atoms with Gasteiger partial charge in [-0.15, -0.1) is 0 Å². The Morgan fingerprint density at radius 1 is 1.48 bits per heavy atom. The first-order valence-electron chi connectivity index (χ1n) is 8.20. The lowest BCUT2D eigenvalue weighted by Crippen LogP contribution is -2.22. The van der Waals surface area contributed by atoms with Gasteiger partial charge in [-0.25, -0.2) is 4.98 Å². The molecule has 3 nitrogen and oxygen atoms in total. The van der Waals surface area contributed by atoms with Crippen molar-refractivity contribution in [2.75, 3.05) is 24.5 Å². The van der Waals surface area contributed by atoms with Crippen LogP contribution < -0.4 is 10.2 Å². The molecule has 1 aliphatic heterocycles. The Labute approximate surface area is 134 Å². The van der Waals surface area contributed by atoms with E-state index in [1.807, 2.05) is 6.20 Å². The molecule has 1 fully saturated rings. The van der Waals surface area contributed by atoms with Gasteiger partial charge in [-0.2, -0.15) is 0 Å². The van der Waals surface area contributed by atoms with Crippen molar-refractivity contribution in [2.45, 2.75) is 46.6 Å². The molecule has 0 aromatic carbocycles. The van der Waals surface area contributed by atoms with Crippen molar-refractivity contribution >= 4 is 17.4 Å². The smallest absolute Gasteiger partial charge is 0.147 e. The van der Waals surface area contributed by atoms with Crippen LogP contribution in [0.25, 0.3) is 0 Å². The second kappa shape index (κ2) is 8.00. The van der Waals surface area contributed by atoms with Crippen LogP contribution in [-0.4, -0.2) is 24.6 Å². The monoisotopic (exact) mass is 309 g/mol. The Morgan fingerprint density at radius 3 is 2.95 bits per heavy atom. The molecule has 1 saturated heterocycles. The highest BCUT2D eigenvalue weighted by atomic mass is 35.5. The quantitative estimate of drug-likeness (QED) is 0.821. The minimum atomic E-state index is 0.660. The molecule has 0 saturated carbocycles. The SMILES string of the molecule is CCCC1CCN(c2ncc(CNCC(C)C)cc2Cl)C1. The van der Waals surface area contributed by atoms with E-state index in [1.54, 1.807) is 0 Å². The van der Waals surface area contributed by atoms with Crippen molar-refractivity contribution in [1.82, 2.24) is 10.3 Å². The Bertz CT molecular complexity index is 448. The number of nitrogens with one attached hydrogen (secondary N) is 1. The molecule has 1 unspecified atom stereocenters. The summed E-state index contributed by atoms with van der Waals surface area (Å²) in [4.78, 5) is 6.95. The lowest BCUT2D eigenvalue weighted by molar-refractivity contribution is 0.529. The van der Waals surface area contributed by atoms with E-state index in [0.717, 1.165) is 48.5 Å². The summed E-state index contributed by atoms with van der Waals surface area (Å²) in [5.74, 6) is 2.43. The molecular formula is C17H28ClN3. The predicted octanol–water partition coefficient (Wildman–Crippen LogP) is 4.11. The summed E-state index contributed by atoms with van der Waals surface area (Å²) in [7, 11) is 0. The topological polar surface area (TPSA) is 28.2 Å². The molecule has 1 N–H and O–H groups in total. The van der Waals surface area contributed by atoms with Crippen LogP contribution in [0.1, 0.15) is 45.6 Å². The highest BCUT2D eigenvalue weighted by Gasteiger charge is 2.24. The van der Waals surface area contributed by atoms with Gasteiger partial charge in [-0.3, -0.25) is 0 Å². The first kappa shape index (κ1) is 16.6. The van der Waals surface area contributed by atoms with Crippen molar-refractivity contribution in [1.29, 1.82) is 0 Å². The number of anilines is 1. The molecule has 0 radical (unpaired) electrons. The highest BCUT2D eigenvalue weighted by molar-refractivity contribution is 6.33. The van der Waals surface area contributed by atoms with Gasteiger partial charge >= 0.3 is 0 Å². The summed E-state index contributed by atoms with van der Waals surface area (Å²) in [6.45, 7) is 10.7. The van der Waals surface area contributed by atoms with Crippen LogP contribution >= 0.6 is 11.6 Å². The van der Waals surface area contributed by atoms with E-state index in [0.29, 0.717) is 5.92 Å². The number of aromatic nitrogens is 1. The highest BCUT2D eigenvalue weighted by Crippen LogP contribution is 2.30. The van der Waals surface area contributed by atoms with Crippen molar-refractivity contribution in [3.63, 3.8) is 0 Å². The molecule has 1 aliphatic rings. The van der Waals surface area contributed by atoms with Gasteiger partial charge in [0.1, 0.15) is 5.82 Å². The molecule has 1 aromatic heterocycles. The third kappa shape index (κ3) is 4.86. The van der Waals surface area contributed by atoms with E-state index in [9.17, 15) is 0 Å². The zero-order chi connectivity index (χ0) is 15.2. The first-order valence-corrected chi connectivity index (χ1v) is 8.58. The largest absolute Gasteiger partial charge is 0.355 e. The molecule has 0 bridgehead atoms. The van der Waals surface area contributed by atoms with Gasteiger partial charge in [0.15, 0.2) is 0 Å². The Balaban J connectivity index is 1.93. The molecule has 0 spiro atoms. The second-order valence-corrected chi connectivity index (χ2v) is 6.97. The molecule has 2 rings (SSSR count). The normalized spacial score (nSPS) is 18.7. The van der Waals surface area contributed by atoms with Gasteiger partial charge in [0.2, 0.25) is 0 Å². The number of nitrogens with zero attached hydrogens (tertiary/aromatic N) is 2. The van der Waals surface area contributed by atoms with Crippen LogP contribution in [-0.2, 0) is 6.54 Å². The second-order valence-electron chi connectivity index (χ2n) is 6.56. The lowest BCUT2D eigenvalue weighted by atomic mass is 10.0. The Hall–Kier alpha value is -0.800. The molecule has 1 aromatic rings. The molecule has 118 valence electrons. The predicted molar refractivity (Wildman–Crippen MR) is 91.0 cm³/mol. The van der Waals surface area contributed by atoms with Crippen LogP contribution in [0.2, 0.25) is 5.02 Å². The van der Waals surface area contributed by atoms with Crippen molar-refractivity contribution in [3.8, 4) is 0 Å². The van der Waals surface area contributed by atoms with E-state index in [1.165, 1.54) is 19.3 Å². The Kier molecular flexibility index (Phi) is 6.31. The summed E-state index contributed by atoms with van der Waals surface area (Å²) >= 11 is 6.44. The van der Waals surface area contributed by atoms with Crippen LogP contribution in [0.4, 0.5) is 5.82 Å². The van der Waals surface area contributed by atoms with E-state index < -0.39 is 0 Å². The van der Waals surface area contributed by atoms with Gasteiger partial charge in [0, 0.05) is 25.8 Å². The molecule has 2 heterocycles. The Morgan fingerprint density at radius 2 is 2.29 bits per heavy atom. The van der Waals surface area contributed by atoms with Crippen molar-refractivity contribution < 1.29 is 0 Å².